The van der Waals surface area contributed by atoms with Gasteiger partial charge in [-0.25, -0.2) is 0 Å². The van der Waals surface area contributed by atoms with E-state index in [9.17, 15) is 14.4 Å². The molecular formula is C22H26O4. The molecule has 2 fully saturated rings. The summed E-state index contributed by atoms with van der Waals surface area (Å²) in [6.07, 6.45) is 12.2. The van der Waals surface area contributed by atoms with Crippen molar-refractivity contribution in [3.63, 3.8) is 0 Å². The number of aldehydes is 1. The summed E-state index contributed by atoms with van der Waals surface area (Å²) in [6, 6.07) is 0. The normalized spacial score (nSPS) is 40.1. The molecule has 3 aliphatic carbocycles. The highest BCUT2D eigenvalue weighted by molar-refractivity contribution is 6.04. The Morgan fingerprint density at radius 2 is 2.00 bits per heavy atom. The minimum atomic E-state index is -0.665. The summed E-state index contributed by atoms with van der Waals surface area (Å²) in [5.74, 6) is 2.28. The first-order chi connectivity index (χ1) is 12.2. The molecule has 4 atom stereocenters. The number of hydrogen-bond donors (Lipinski definition) is 0. The molecule has 138 valence electrons. The Balaban J connectivity index is 2.20. The van der Waals surface area contributed by atoms with E-state index in [1.807, 2.05) is 13.8 Å². The van der Waals surface area contributed by atoms with Gasteiger partial charge in [0.05, 0.1) is 24.7 Å². The highest BCUT2D eigenvalue weighted by Crippen LogP contribution is 2.65. The maximum atomic E-state index is 13.0. The fourth-order valence-electron chi connectivity index (χ4n) is 5.80. The number of methoxy groups -OCH3 is 1. The summed E-state index contributed by atoms with van der Waals surface area (Å²) in [5, 5.41) is 0. The van der Waals surface area contributed by atoms with E-state index in [-0.39, 0.29) is 17.5 Å². The lowest BCUT2D eigenvalue weighted by Gasteiger charge is -2.59. The van der Waals surface area contributed by atoms with E-state index in [0.717, 1.165) is 12.0 Å². The van der Waals surface area contributed by atoms with Gasteiger partial charge in [-0.1, -0.05) is 26.7 Å². The highest BCUT2D eigenvalue weighted by atomic mass is 16.5. The number of allylic oxidation sites excluding steroid dienone is 3. The van der Waals surface area contributed by atoms with Gasteiger partial charge in [-0.05, 0) is 48.7 Å². The number of carbonyl (C=O) groups is 3. The number of ketones is 2. The van der Waals surface area contributed by atoms with Crippen LogP contribution in [0, 0.1) is 40.4 Å². The van der Waals surface area contributed by atoms with Crippen LogP contribution in [-0.4, -0.2) is 25.0 Å². The number of ether oxygens (including phenoxy) is 1. The first-order valence-corrected chi connectivity index (χ1v) is 9.12. The second kappa shape index (κ2) is 5.94. The number of fused-ring (bicyclic) bond motifs is 3. The fourth-order valence-corrected chi connectivity index (χ4v) is 5.80. The zero-order valence-corrected chi connectivity index (χ0v) is 15.9. The Kier molecular flexibility index (Phi) is 4.26. The molecule has 0 radical (unpaired) electrons. The maximum Gasteiger partial charge on any atom is 0.167 e. The minimum Gasteiger partial charge on any atom is -0.504 e. The average Bonchev–Trinajstić information content (AvgIpc) is 2.60. The summed E-state index contributed by atoms with van der Waals surface area (Å²) in [5.41, 5.74) is 0.00286. The van der Waals surface area contributed by atoms with Crippen LogP contribution >= 0.6 is 0 Å². The van der Waals surface area contributed by atoms with E-state index in [2.05, 4.69) is 12.8 Å². The summed E-state index contributed by atoms with van der Waals surface area (Å²) in [7, 11) is 1.53. The molecule has 0 aliphatic heterocycles. The Morgan fingerprint density at radius 3 is 2.58 bits per heavy atom. The molecule has 2 saturated carbocycles. The van der Waals surface area contributed by atoms with Gasteiger partial charge >= 0.3 is 0 Å². The summed E-state index contributed by atoms with van der Waals surface area (Å²) >= 11 is 0. The van der Waals surface area contributed by atoms with E-state index >= 15 is 0 Å². The Morgan fingerprint density at radius 1 is 1.31 bits per heavy atom. The van der Waals surface area contributed by atoms with Crippen LogP contribution in [0.1, 0.15) is 46.5 Å². The van der Waals surface area contributed by atoms with Crippen molar-refractivity contribution in [3.8, 4) is 12.3 Å². The van der Waals surface area contributed by atoms with Gasteiger partial charge in [-0.15, -0.1) is 6.42 Å². The standard InChI is InChI=1S/C22H26O4/c1-6-22-8-7-17-20(2,3)19(25)15(13-26-5)10-21(17,4)18(22)9-16(24)14(11-22)12-23/h1,9,12-14,17H,7-8,10-11H2,2-5H3. The van der Waals surface area contributed by atoms with E-state index in [1.54, 1.807) is 6.08 Å². The van der Waals surface area contributed by atoms with Crippen LogP contribution in [0.5, 0.6) is 0 Å². The van der Waals surface area contributed by atoms with Gasteiger partial charge in [0.1, 0.15) is 6.29 Å². The second-order valence-corrected chi connectivity index (χ2v) is 8.75. The maximum absolute atomic E-state index is 13.0. The average molecular weight is 354 g/mol. The van der Waals surface area contributed by atoms with Gasteiger partial charge in [0, 0.05) is 11.0 Å². The largest absolute Gasteiger partial charge is 0.504 e. The molecule has 3 aliphatic rings. The Bertz CT molecular complexity index is 778. The van der Waals surface area contributed by atoms with Gasteiger partial charge in [0.25, 0.3) is 0 Å². The predicted octanol–water partition coefficient (Wildman–Crippen LogP) is 3.27. The Hall–Kier alpha value is -2.15. The quantitative estimate of drug-likeness (QED) is 0.251. The molecule has 0 aromatic carbocycles. The van der Waals surface area contributed by atoms with Gasteiger partial charge < -0.3 is 9.53 Å². The molecule has 4 heteroatoms. The van der Waals surface area contributed by atoms with Gasteiger partial charge in [0.2, 0.25) is 0 Å². The van der Waals surface area contributed by atoms with Crippen molar-refractivity contribution in [3.05, 3.63) is 23.5 Å². The van der Waals surface area contributed by atoms with Crippen molar-refractivity contribution >= 4 is 17.9 Å². The molecule has 0 aromatic rings. The molecular weight excluding hydrogens is 328 g/mol. The molecule has 0 spiro atoms. The highest BCUT2D eigenvalue weighted by Gasteiger charge is 2.61. The molecule has 26 heavy (non-hydrogen) atoms. The zero-order valence-electron chi connectivity index (χ0n) is 15.9. The first-order valence-electron chi connectivity index (χ1n) is 9.12. The molecule has 0 bridgehead atoms. The molecule has 0 aromatic heterocycles. The van der Waals surface area contributed by atoms with Crippen molar-refractivity contribution in [1.82, 2.24) is 0 Å². The first kappa shape index (κ1) is 18.6. The van der Waals surface area contributed by atoms with Gasteiger partial charge in [-0.3, -0.25) is 9.59 Å². The molecule has 0 saturated heterocycles. The van der Waals surface area contributed by atoms with E-state index < -0.39 is 22.2 Å². The number of rotatable bonds is 2. The smallest absolute Gasteiger partial charge is 0.167 e. The topological polar surface area (TPSA) is 60.4 Å². The monoisotopic (exact) mass is 354 g/mol. The molecule has 3 rings (SSSR count). The Labute approximate surface area is 155 Å². The molecule has 0 amide bonds. The molecule has 4 unspecified atom stereocenters. The minimum absolute atomic E-state index is 0.0878. The summed E-state index contributed by atoms with van der Waals surface area (Å²) in [6.45, 7) is 6.06. The van der Waals surface area contributed by atoms with E-state index in [4.69, 9.17) is 11.2 Å². The van der Waals surface area contributed by atoms with Crippen LogP contribution in [0.15, 0.2) is 23.5 Å². The number of Topliss-reactive ketones (excluding diaryl/α,β-unsaturated/α-hetero) is 1. The van der Waals surface area contributed by atoms with E-state index in [0.29, 0.717) is 31.1 Å². The lowest BCUT2D eigenvalue weighted by molar-refractivity contribution is -0.135. The van der Waals surface area contributed by atoms with Crippen LogP contribution in [0.25, 0.3) is 0 Å². The van der Waals surface area contributed by atoms with Gasteiger partial charge in [0.15, 0.2) is 11.6 Å². The van der Waals surface area contributed by atoms with E-state index in [1.165, 1.54) is 13.4 Å². The van der Waals surface area contributed by atoms with Crippen LogP contribution in [0.2, 0.25) is 0 Å². The lowest BCUT2D eigenvalue weighted by Crippen LogP contribution is -2.56. The number of carbonyl (C=O) groups excluding carboxylic acids is 3. The predicted molar refractivity (Wildman–Crippen MR) is 97.9 cm³/mol. The van der Waals surface area contributed by atoms with Crippen molar-refractivity contribution in [2.75, 3.05) is 7.11 Å². The third-order valence-corrected chi connectivity index (χ3v) is 6.99. The molecule has 4 nitrogen and oxygen atoms in total. The van der Waals surface area contributed by atoms with Crippen LogP contribution < -0.4 is 0 Å². The third kappa shape index (κ3) is 2.33. The number of terminal acetylenes is 1. The lowest BCUT2D eigenvalue weighted by atomic mass is 9.43. The summed E-state index contributed by atoms with van der Waals surface area (Å²) < 4.78 is 5.16. The van der Waals surface area contributed by atoms with Crippen molar-refractivity contribution in [1.29, 1.82) is 0 Å². The van der Waals surface area contributed by atoms with Crippen LogP contribution in [0.3, 0.4) is 0 Å². The zero-order chi connectivity index (χ0) is 19.3. The SMILES string of the molecule is C#CC12CCC3C(C)(C)C(=O)C(=COC)CC3(C)C1=CC(=O)C(C=O)C2. The molecule has 0 N–H and O–H groups in total. The fraction of sp³-hybridized carbons (Fsp3) is 0.591. The number of hydrogen-bond acceptors (Lipinski definition) is 4. The second-order valence-electron chi connectivity index (χ2n) is 8.75. The van der Waals surface area contributed by atoms with Crippen molar-refractivity contribution in [2.45, 2.75) is 46.5 Å². The van der Waals surface area contributed by atoms with Crippen molar-refractivity contribution in [2.24, 2.45) is 28.1 Å². The molecule has 0 heterocycles. The van der Waals surface area contributed by atoms with Crippen LogP contribution in [0.4, 0.5) is 0 Å². The van der Waals surface area contributed by atoms with Crippen molar-refractivity contribution < 1.29 is 19.1 Å². The third-order valence-electron chi connectivity index (χ3n) is 6.99. The van der Waals surface area contributed by atoms with Gasteiger partial charge in [-0.2, -0.15) is 0 Å². The van der Waals surface area contributed by atoms with Crippen LogP contribution in [-0.2, 0) is 19.1 Å². The summed E-state index contributed by atoms with van der Waals surface area (Å²) in [4.78, 5) is 36.9.